The number of anilines is 1. The minimum Gasteiger partial charge on any atom is -0.497 e. The molecule has 0 spiro atoms. The van der Waals surface area contributed by atoms with Gasteiger partial charge in [-0.3, -0.25) is 4.79 Å². The number of furan rings is 1. The Morgan fingerprint density at radius 1 is 1.04 bits per heavy atom. The summed E-state index contributed by atoms with van der Waals surface area (Å²) in [6, 6.07) is 15.8. The molecule has 3 rings (SSSR count). The predicted octanol–water partition coefficient (Wildman–Crippen LogP) is 5.91. The molecule has 0 radical (unpaired) electrons. The van der Waals surface area contributed by atoms with Gasteiger partial charge in [0.15, 0.2) is 0 Å². The Morgan fingerprint density at radius 2 is 1.73 bits per heavy atom. The Balaban J connectivity index is 1.66. The lowest BCUT2D eigenvalue weighted by Crippen LogP contribution is -2.07. The molecule has 1 heterocycles. The van der Waals surface area contributed by atoms with Crippen LogP contribution in [0.2, 0.25) is 10.0 Å². The van der Waals surface area contributed by atoms with E-state index in [1.807, 2.05) is 0 Å². The van der Waals surface area contributed by atoms with Crippen molar-refractivity contribution in [2.24, 2.45) is 0 Å². The summed E-state index contributed by atoms with van der Waals surface area (Å²) >= 11 is 12.0. The van der Waals surface area contributed by atoms with Crippen molar-refractivity contribution in [3.05, 3.63) is 76.5 Å². The molecular weight excluding hydrogens is 373 g/mol. The summed E-state index contributed by atoms with van der Waals surface area (Å²) in [6.07, 6.45) is 2.99. The normalized spacial score (nSPS) is 10.9. The summed E-state index contributed by atoms with van der Waals surface area (Å²) < 4.78 is 10.8. The van der Waals surface area contributed by atoms with Gasteiger partial charge in [-0.2, -0.15) is 0 Å². The number of methoxy groups -OCH3 is 1. The third-order valence-electron chi connectivity index (χ3n) is 3.53. The summed E-state index contributed by atoms with van der Waals surface area (Å²) in [6.45, 7) is 0. The van der Waals surface area contributed by atoms with E-state index in [9.17, 15) is 4.79 Å². The lowest BCUT2D eigenvalue weighted by molar-refractivity contribution is -0.111. The fourth-order valence-electron chi connectivity index (χ4n) is 2.31. The van der Waals surface area contributed by atoms with Crippen LogP contribution in [0.4, 0.5) is 5.69 Å². The van der Waals surface area contributed by atoms with E-state index in [-0.39, 0.29) is 5.91 Å². The first-order chi connectivity index (χ1) is 12.5. The van der Waals surface area contributed by atoms with Gasteiger partial charge >= 0.3 is 0 Å². The summed E-state index contributed by atoms with van der Waals surface area (Å²) in [7, 11) is 1.59. The number of nitrogens with one attached hydrogen (secondary N) is 1. The van der Waals surface area contributed by atoms with Crippen LogP contribution in [-0.4, -0.2) is 13.0 Å². The molecule has 0 aliphatic rings. The smallest absolute Gasteiger partial charge is 0.248 e. The molecule has 1 amide bonds. The van der Waals surface area contributed by atoms with Crippen molar-refractivity contribution in [1.29, 1.82) is 0 Å². The van der Waals surface area contributed by atoms with Gasteiger partial charge in [-0.25, -0.2) is 0 Å². The van der Waals surface area contributed by atoms with E-state index in [1.165, 1.54) is 6.08 Å². The molecular formula is C20H15Cl2NO3. The molecule has 0 saturated heterocycles. The molecule has 3 aromatic rings. The first-order valence-electron chi connectivity index (χ1n) is 7.73. The van der Waals surface area contributed by atoms with E-state index < -0.39 is 0 Å². The molecule has 0 aliphatic heterocycles. The number of halogens is 2. The Bertz CT molecular complexity index is 926. The van der Waals surface area contributed by atoms with Crippen molar-refractivity contribution in [1.82, 2.24) is 0 Å². The molecule has 0 bridgehead atoms. The zero-order valence-corrected chi connectivity index (χ0v) is 15.3. The average molecular weight is 388 g/mol. The maximum atomic E-state index is 12.0. The molecule has 1 aromatic heterocycles. The minimum absolute atomic E-state index is 0.265. The monoisotopic (exact) mass is 387 g/mol. The number of amides is 1. The van der Waals surface area contributed by atoms with Gasteiger partial charge in [-0.1, -0.05) is 23.2 Å². The summed E-state index contributed by atoms with van der Waals surface area (Å²) in [5.74, 6) is 1.62. The van der Waals surface area contributed by atoms with Crippen molar-refractivity contribution in [3.63, 3.8) is 0 Å². The zero-order chi connectivity index (χ0) is 18.5. The van der Waals surface area contributed by atoms with Crippen molar-refractivity contribution in [2.45, 2.75) is 0 Å². The van der Waals surface area contributed by atoms with Crippen LogP contribution in [0.5, 0.6) is 5.75 Å². The van der Waals surface area contributed by atoms with Gasteiger partial charge in [0, 0.05) is 27.4 Å². The van der Waals surface area contributed by atoms with Crippen LogP contribution in [0.25, 0.3) is 17.4 Å². The SMILES string of the molecule is COc1ccc(NC(=O)/C=C/c2ccc(-c3cc(Cl)cc(Cl)c3)o2)cc1. The Labute approximate surface area is 161 Å². The van der Waals surface area contributed by atoms with Crippen LogP contribution in [0.3, 0.4) is 0 Å². The molecule has 0 unspecified atom stereocenters. The van der Waals surface area contributed by atoms with Crippen LogP contribution < -0.4 is 10.1 Å². The molecule has 26 heavy (non-hydrogen) atoms. The number of rotatable bonds is 5. The summed E-state index contributed by atoms with van der Waals surface area (Å²) in [4.78, 5) is 12.0. The number of ether oxygens (including phenoxy) is 1. The molecule has 2 aromatic carbocycles. The number of hydrogen-bond donors (Lipinski definition) is 1. The Kier molecular flexibility index (Phi) is 5.66. The highest BCUT2D eigenvalue weighted by Gasteiger charge is 2.06. The molecule has 1 N–H and O–H groups in total. The lowest BCUT2D eigenvalue weighted by Gasteiger charge is -2.03. The summed E-state index contributed by atoms with van der Waals surface area (Å²) in [5, 5.41) is 3.81. The van der Waals surface area contributed by atoms with E-state index in [4.69, 9.17) is 32.4 Å². The van der Waals surface area contributed by atoms with Gasteiger partial charge in [0.25, 0.3) is 0 Å². The van der Waals surface area contributed by atoms with E-state index in [2.05, 4.69) is 5.32 Å². The number of carbonyl (C=O) groups is 1. The maximum Gasteiger partial charge on any atom is 0.248 e. The molecule has 0 saturated carbocycles. The minimum atomic E-state index is -0.265. The average Bonchev–Trinajstić information content (AvgIpc) is 3.09. The molecule has 6 heteroatoms. The summed E-state index contributed by atoms with van der Waals surface area (Å²) in [5.41, 5.74) is 1.44. The molecule has 132 valence electrons. The quantitative estimate of drug-likeness (QED) is 0.553. The molecule has 0 atom stereocenters. The van der Waals surface area contributed by atoms with E-state index in [0.29, 0.717) is 27.3 Å². The van der Waals surface area contributed by atoms with Crippen molar-refractivity contribution in [3.8, 4) is 17.1 Å². The highest BCUT2D eigenvalue weighted by Crippen LogP contribution is 2.28. The number of carbonyl (C=O) groups excluding carboxylic acids is 1. The lowest BCUT2D eigenvalue weighted by atomic mass is 10.2. The van der Waals surface area contributed by atoms with Crippen LogP contribution in [-0.2, 0) is 4.79 Å². The van der Waals surface area contributed by atoms with Crippen LogP contribution >= 0.6 is 23.2 Å². The van der Waals surface area contributed by atoms with Gasteiger partial charge in [-0.15, -0.1) is 0 Å². The highest BCUT2D eigenvalue weighted by molar-refractivity contribution is 6.35. The number of benzene rings is 2. The van der Waals surface area contributed by atoms with Crippen LogP contribution in [0.15, 0.2) is 65.1 Å². The van der Waals surface area contributed by atoms with Gasteiger partial charge in [-0.05, 0) is 60.7 Å². The first kappa shape index (κ1) is 18.1. The predicted molar refractivity (Wildman–Crippen MR) is 105 cm³/mol. The number of hydrogen-bond acceptors (Lipinski definition) is 3. The molecule has 4 nitrogen and oxygen atoms in total. The first-order valence-corrected chi connectivity index (χ1v) is 8.48. The Hall–Kier alpha value is -2.69. The van der Waals surface area contributed by atoms with Gasteiger partial charge in [0.2, 0.25) is 5.91 Å². The van der Waals surface area contributed by atoms with E-state index in [0.717, 1.165) is 11.3 Å². The fourth-order valence-corrected chi connectivity index (χ4v) is 2.84. The maximum absolute atomic E-state index is 12.0. The van der Waals surface area contributed by atoms with Crippen LogP contribution in [0, 0.1) is 0 Å². The van der Waals surface area contributed by atoms with Crippen molar-refractivity contribution < 1.29 is 13.9 Å². The second-order valence-electron chi connectivity index (χ2n) is 5.41. The van der Waals surface area contributed by atoms with Gasteiger partial charge in [0.05, 0.1) is 7.11 Å². The third kappa shape index (κ3) is 4.69. The second-order valence-corrected chi connectivity index (χ2v) is 6.28. The van der Waals surface area contributed by atoms with E-state index in [1.54, 1.807) is 67.8 Å². The fraction of sp³-hybridized carbons (Fsp3) is 0.0500. The Morgan fingerprint density at radius 3 is 2.38 bits per heavy atom. The topological polar surface area (TPSA) is 51.5 Å². The van der Waals surface area contributed by atoms with Crippen molar-refractivity contribution >= 4 is 40.9 Å². The molecule has 0 aliphatic carbocycles. The second kappa shape index (κ2) is 8.13. The standard InChI is InChI=1S/C20H15Cl2NO3/c1-25-17-4-2-16(3-5-17)23-20(24)9-7-18-6-8-19(26-18)13-10-14(21)12-15(22)11-13/h2-12H,1H3,(H,23,24)/b9-7+. The third-order valence-corrected chi connectivity index (χ3v) is 3.97. The molecule has 0 fully saturated rings. The van der Waals surface area contributed by atoms with E-state index >= 15 is 0 Å². The zero-order valence-electron chi connectivity index (χ0n) is 13.8. The van der Waals surface area contributed by atoms with Crippen molar-refractivity contribution in [2.75, 3.05) is 12.4 Å². The highest BCUT2D eigenvalue weighted by atomic mass is 35.5. The largest absolute Gasteiger partial charge is 0.497 e. The van der Waals surface area contributed by atoms with Crippen LogP contribution in [0.1, 0.15) is 5.76 Å². The van der Waals surface area contributed by atoms with Gasteiger partial charge < -0.3 is 14.5 Å². The van der Waals surface area contributed by atoms with Gasteiger partial charge in [0.1, 0.15) is 17.3 Å².